The fourth-order valence-electron chi connectivity index (χ4n) is 2.70. The van der Waals surface area contributed by atoms with Crippen LogP contribution >= 0.6 is 15.9 Å². The van der Waals surface area contributed by atoms with Crippen molar-refractivity contribution in [3.05, 3.63) is 52.5 Å². The van der Waals surface area contributed by atoms with Crippen molar-refractivity contribution < 1.29 is 17.9 Å². The average Bonchev–Trinajstić information content (AvgIpc) is 2.94. The van der Waals surface area contributed by atoms with Crippen molar-refractivity contribution in [1.29, 1.82) is 0 Å². The number of carbonyl (C=O) groups is 1. The highest BCUT2D eigenvalue weighted by atomic mass is 79.9. The molecule has 2 aromatic carbocycles. The molecule has 1 amide bonds. The zero-order valence-electron chi connectivity index (χ0n) is 13.5. The molecule has 132 valence electrons. The van der Waals surface area contributed by atoms with E-state index < -0.39 is 10.0 Å². The summed E-state index contributed by atoms with van der Waals surface area (Å²) in [5.74, 6) is 0.267. The van der Waals surface area contributed by atoms with E-state index in [9.17, 15) is 13.2 Å². The predicted octanol–water partition coefficient (Wildman–Crippen LogP) is 3.25. The summed E-state index contributed by atoms with van der Waals surface area (Å²) < 4.78 is 31.5. The number of hydrogen-bond acceptors (Lipinski definition) is 4. The first kappa shape index (κ1) is 17.8. The maximum Gasteiger partial charge on any atom is 0.256 e. The Bertz CT molecular complexity index is 915. The van der Waals surface area contributed by atoms with Gasteiger partial charge in [0, 0.05) is 17.1 Å². The first-order chi connectivity index (χ1) is 11.9. The standard InChI is InChI=1S/C17H17BrN2O4S/c1-24-16-11-12(20-9-4-10-25(20,22)23)7-8-15(16)19-17(21)13-5-2-3-6-14(13)18/h2-3,5-8,11H,4,9-10H2,1H3,(H,19,21). The summed E-state index contributed by atoms with van der Waals surface area (Å²) >= 11 is 3.35. The maximum atomic E-state index is 12.4. The van der Waals surface area contributed by atoms with E-state index in [1.54, 1.807) is 36.4 Å². The highest BCUT2D eigenvalue weighted by Gasteiger charge is 2.29. The molecule has 0 aliphatic carbocycles. The number of carbonyl (C=O) groups excluding carboxylic acids is 1. The SMILES string of the molecule is COc1cc(N2CCCS2(=O)=O)ccc1NC(=O)c1ccccc1Br. The minimum atomic E-state index is -3.27. The molecule has 0 unspecified atom stereocenters. The summed E-state index contributed by atoms with van der Waals surface area (Å²) in [5.41, 5.74) is 1.51. The third-order valence-electron chi connectivity index (χ3n) is 3.94. The zero-order valence-corrected chi connectivity index (χ0v) is 15.9. The molecule has 6 nitrogen and oxygen atoms in total. The van der Waals surface area contributed by atoms with Crippen LogP contribution < -0.4 is 14.4 Å². The molecule has 8 heteroatoms. The summed E-state index contributed by atoms with van der Waals surface area (Å²) in [4.78, 5) is 12.4. The smallest absolute Gasteiger partial charge is 0.256 e. The largest absolute Gasteiger partial charge is 0.494 e. The monoisotopic (exact) mass is 424 g/mol. The van der Waals surface area contributed by atoms with Gasteiger partial charge in [-0.2, -0.15) is 0 Å². The zero-order chi connectivity index (χ0) is 18.0. The first-order valence-electron chi connectivity index (χ1n) is 7.67. The quantitative estimate of drug-likeness (QED) is 0.816. The fraction of sp³-hybridized carbons (Fsp3) is 0.235. The molecular formula is C17H17BrN2O4S. The second kappa shape index (κ2) is 7.05. The molecule has 0 bridgehead atoms. The number of anilines is 2. The molecule has 0 radical (unpaired) electrons. The van der Waals surface area contributed by atoms with Gasteiger partial charge < -0.3 is 10.1 Å². The molecule has 1 heterocycles. The molecule has 2 aromatic rings. The molecule has 25 heavy (non-hydrogen) atoms. The van der Waals surface area contributed by atoms with E-state index in [-0.39, 0.29) is 11.7 Å². The van der Waals surface area contributed by atoms with E-state index in [1.807, 2.05) is 6.07 Å². The number of hydrogen-bond donors (Lipinski definition) is 1. The van der Waals surface area contributed by atoms with Crippen molar-refractivity contribution in [3.63, 3.8) is 0 Å². The van der Waals surface area contributed by atoms with Gasteiger partial charge in [-0.3, -0.25) is 9.10 Å². The Labute approximate surface area is 155 Å². The number of ether oxygens (including phenoxy) is 1. The molecule has 0 atom stereocenters. The topological polar surface area (TPSA) is 75.7 Å². The summed E-state index contributed by atoms with van der Waals surface area (Å²) in [6, 6.07) is 12.0. The van der Waals surface area contributed by atoms with E-state index in [0.29, 0.717) is 40.1 Å². The highest BCUT2D eigenvalue weighted by molar-refractivity contribution is 9.10. The van der Waals surface area contributed by atoms with Gasteiger partial charge >= 0.3 is 0 Å². The Balaban J connectivity index is 1.88. The Morgan fingerprint density at radius 1 is 1.24 bits per heavy atom. The van der Waals surface area contributed by atoms with Gasteiger partial charge in [-0.25, -0.2) is 8.42 Å². The summed E-state index contributed by atoms with van der Waals surface area (Å²) in [5, 5.41) is 2.80. The average molecular weight is 425 g/mol. The van der Waals surface area contributed by atoms with Crippen molar-refractivity contribution in [3.8, 4) is 5.75 Å². The molecule has 3 rings (SSSR count). The molecular weight excluding hydrogens is 408 g/mol. The lowest BCUT2D eigenvalue weighted by Crippen LogP contribution is -2.25. The van der Waals surface area contributed by atoms with Gasteiger partial charge in [0.05, 0.1) is 29.8 Å². The number of sulfonamides is 1. The summed E-state index contributed by atoms with van der Waals surface area (Å²) in [7, 11) is -1.79. The Morgan fingerprint density at radius 2 is 2.00 bits per heavy atom. The van der Waals surface area contributed by atoms with Gasteiger partial charge in [0.15, 0.2) is 0 Å². The van der Waals surface area contributed by atoms with Crippen LogP contribution in [-0.4, -0.2) is 33.7 Å². The van der Waals surface area contributed by atoms with Gasteiger partial charge in [0.1, 0.15) is 5.75 Å². The second-order valence-electron chi connectivity index (χ2n) is 5.56. The second-order valence-corrected chi connectivity index (χ2v) is 8.43. The van der Waals surface area contributed by atoms with Crippen LogP contribution in [0.2, 0.25) is 0 Å². The number of nitrogens with one attached hydrogen (secondary N) is 1. The van der Waals surface area contributed by atoms with Crippen molar-refractivity contribution in [2.24, 2.45) is 0 Å². The van der Waals surface area contributed by atoms with Gasteiger partial charge in [-0.05, 0) is 46.6 Å². The van der Waals surface area contributed by atoms with Gasteiger partial charge in [0.2, 0.25) is 10.0 Å². The summed E-state index contributed by atoms with van der Waals surface area (Å²) in [6.45, 7) is 0.453. The molecule has 1 fully saturated rings. The number of amides is 1. The van der Waals surface area contributed by atoms with Crippen LogP contribution in [0.4, 0.5) is 11.4 Å². The lowest BCUT2D eigenvalue weighted by molar-refractivity contribution is 0.102. The lowest BCUT2D eigenvalue weighted by atomic mass is 10.2. The molecule has 1 aliphatic heterocycles. The van der Waals surface area contributed by atoms with E-state index in [0.717, 1.165) is 0 Å². The van der Waals surface area contributed by atoms with Crippen LogP contribution in [-0.2, 0) is 10.0 Å². The maximum absolute atomic E-state index is 12.4. The Kier molecular flexibility index (Phi) is 5.01. The van der Waals surface area contributed by atoms with Crippen LogP contribution in [0.5, 0.6) is 5.75 Å². The van der Waals surface area contributed by atoms with Gasteiger partial charge in [-0.1, -0.05) is 12.1 Å². The molecule has 1 aliphatic rings. The molecule has 0 aromatic heterocycles. The van der Waals surface area contributed by atoms with Crippen molar-refractivity contribution in [2.75, 3.05) is 29.0 Å². The van der Waals surface area contributed by atoms with Crippen LogP contribution in [0, 0.1) is 0 Å². The first-order valence-corrected chi connectivity index (χ1v) is 10.1. The molecule has 1 N–H and O–H groups in total. The van der Waals surface area contributed by atoms with Crippen LogP contribution in [0.15, 0.2) is 46.9 Å². The van der Waals surface area contributed by atoms with E-state index in [4.69, 9.17) is 4.74 Å². The number of rotatable bonds is 4. The number of halogens is 1. The molecule has 0 saturated carbocycles. The number of nitrogens with zero attached hydrogens (tertiary/aromatic N) is 1. The highest BCUT2D eigenvalue weighted by Crippen LogP contribution is 2.33. The fourth-order valence-corrected chi connectivity index (χ4v) is 4.72. The van der Waals surface area contributed by atoms with Crippen molar-refractivity contribution in [2.45, 2.75) is 6.42 Å². The van der Waals surface area contributed by atoms with Crippen LogP contribution in [0.1, 0.15) is 16.8 Å². The number of benzene rings is 2. The summed E-state index contributed by atoms with van der Waals surface area (Å²) in [6.07, 6.45) is 0.602. The van der Waals surface area contributed by atoms with Crippen LogP contribution in [0.25, 0.3) is 0 Å². The third-order valence-corrected chi connectivity index (χ3v) is 6.50. The van der Waals surface area contributed by atoms with E-state index in [1.165, 1.54) is 11.4 Å². The third kappa shape index (κ3) is 3.64. The Hall–Kier alpha value is -2.06. The van der Waals surface area contributed by atoms with Crippen LogP contribution in [0.3, 0.4) is 0 Å². The van der Waals surface area contributed by atoms with E-state index >= 15 is 0 Å². The normalized spacial score (nSPS) is 15.8. The Morgan fingerprint density at radius 3 is 2.64 bits per heavy atom. The van der Waals surface area contributed by atoms with Gasteiger partial charge in [-0.15, -0.1) is 0 Å². The predicted molar refractivity (Wildman–Crippen MR) is 101 cm³/mol. The van der Waals surface area contributed by atoms with Crippen molar-refractivity contribution >= 4 is 43.2 Å². The minimum Gasteiger partial charge on any atom is -0.494 e. The van der Waals surface area contributed by atoms with E-state index in [2.05, 4.69) is 21.2 Å². The van der Waals surface area contributed by atoms with Crippen molar-refractivity contribution in [1.82, 2.24) is 0 Å². The number of methoxy groups -OCH3 is 1. The molecule has 0 spiro atoms. The van der Waals surface area contributed by atoms with Gasteiger partial charge in [0.25, 0.3) is 5.91 Å². The minimum absolute atomic E-state index is 0.149. The molecule has 1 saturated heterocycles. The lowest BCUT2D eigenvalue weighted by Gasteiger charge is -2.19.